The average Bonchev–Trinajstić information content (AvgIpc) is 2.75. The molecule has 0 aliphatic carbocycles. The van der Waals surface area contributed by atoms with E-state index in [1.807, 2.05) is 13.8 Å². The summed E-state index contributed by atoms with van der Waals surface area (Å²) >= 11 is 1.14. The SMILES string of the molecule is COc1ccsc1S(=O)(=O)NC(CN)CC(C)C.Cl. The van der Waals surface area contributed by atoms with E-state index in [0.717, 1.165) is 11.3 Å². The van der Waals surface area contributed by atoms with Crippen LogP contribution in [0.1, 0.15) is 20.3 Å². The van der Waals surface area contributed by atoms with Crippen molar-refractivity contribution in [2.45, 2.75) is 30.5 Å². The van der Waals surface area contributed by atoms with E-state index in [4.69, 9.17) is 10.5 Å². The van der Waals surface area contributed by atoms with Crippen molar-refractivity contribution in [1.29, 1.82) is 0 Å². The zero-order valence-corrected chi connectivity index (χ0v) is 13.7. The van der Waals surface area contributed by atoms with E-state index in [0.29, 0.717) is 18.1 Å². The van der Waals surface area contributed by atoms with Gasteiger partial charge in [-0.05, 0) is 23.8 Å². The number of nitrogens with one attached hydrogen (secondary N) is 1. The number of halogens is 1. The third-order valence-corrected chi connectivity index (χ3v) is 5.39. The Morgan fingerprint density at radius 3 is 2.58 bits per heavy atom. The maximum Gasteiger partial charge on any atom is 0.254 e. The lowest BCUT2D eigenvalue weighted by molar-refractivity contribution is 0.405. The number of ether oxygens (including phenoxy) is 1. The first-order chi connectivity index (χ1) is 8.40. The summed E-state index contributed by atoms with van der Waals surface area (Å²) in [5.41, 5.74) is 5.60. The molecule has 19 heavy (non-hydrogen) atoms. The maximum atomic E-state index is 12.2. The van der Waals surface area contributed by atoms with E-state index in [1.165, 1.54) is 7.11 Å². The van der Waals surface area contributed by atoms with Crippen LogP contribution in [0.3, 0.4) is 0 Å². The first kappa shape index (κ1) is 18.7. The standard InChI is InChI=1S/C11H20N2O3S2.ClH/c1-8(2)6-9(7-12)13-18(14,15)11-10(16-3)4-5-17-11;/h4-5,8-9,13H,6-7,12H2,1-3H3;1H. The molecule has 0 saturated carbocycles. The molecule has 8 heteroatoms. The average molecular weight is 329 g/mol. The zero-order valence-electron chi connectivity index (χ0n) is 11.3. The summed E-state index contributed by atoms with van der Waals surface area (Å²) < 4.78 is 32.2. The molecule has 5 nitrogen and oxygen atoms in total. The molecule has 0 radical (unpaired) electrons. The van der Waals surface area contributed by atoms with Crippen molar-refractivity contribution in [2.24, 2.45) is 11.7 Å². The molecule has 3 N–H and O–H groups in total. The van der Waals surface area contributed by atoms with Crippen LogP contribution in [0.2, 0.25) is 0 Å². The monoisotopic (exact) mass is 328 g/mol. The summed E-state index contributed by atoms with van der Waals surface area (Å²) in [6.07, 6.45) is 0.712. The lowest BCUT2D eigenvalue weighted by Gasteiger charge is -2.18. The molecule has 1 heterocycles. The van der Waals surface area contributed by atoms with Crippen molar-refractivity contribution in [3.63, 3.8) is 0 Å². The molecule has 0 aliphatic heterocycles. The largest absolute Gasteiger partial charge is 0.494 e. The predicted molar refractivity (Wildman–Crippen MR) is 80.7 cm³/mol. The smallest absolute Gasteiger partial charge is 0.254 e. The van der Waals surface area contributed by atoms with E-state index in [1.54, 1.807) is 11.4 Å². The minimum absolute atomic E-state index is 0. The van der Waals surface area contributed by atoms with Gasteiger partial charge in [0, 0.05) is 12.6 Å². The summed E-state index contributed by atoms with van der Waals surface area (Å²) in [5, 5.41) is 1.69. The Hall–Kier alpha value is -0.340. The molecule has 1 unspecified atom stereocenters. The number of thiophene rings is 1. The third kappa shape index (κ3) is 5.27. The molecule has 0 aliphatic rings. The Balaban J connectivity index is 0.00000324. The summed E-state index contributed by atoms with van der Waals surface area (Å²) in [5.74, 6) is 0.749. The van der Waals surface area contributed by atoms with E-state index in [9.17, 15) is 8.42 Å². The molecule has 112 valence electrons. The molecule has 0 saturated heterocycles. The Morgan fingerprint density at radius 1 is 1.47 bits per heavy atom. The van der Waals surface area contributed by atoms with Gasteiger partial charge in [0.25, 0.3) is 10.0 Å². The van der Waals surface area contributed by atoms with Gasteiger partial charge in [-0.15, -0.1) is 23.7 Å². The Morgan fingerprint density at radius 2 is 2.11 bits per heavy atom. The second kappa shape index (κ2) is 8.06. The van der Waals surface area contributed by atoms with E-state index in [-0.39, 0.29) is 29.2 Å². The molecule has 0 bridgehead atoms. The van der Waals surface area contributed by atoms with Crippen LogP contribution in [0.25, 0.3) is 0 Å². The van der Waals surface area contributed by atoms with Crippen molar-refractivity contribution in [3.8, 4) is 5.75 Å². The number of rotatable bonds is 7. The minimum atomic E-state index is -3.55. The van der Waals surface area contributed by atoms with Gasteiger partial charge >= 0.3 is 0 Å². The highest BCUT2D eigenvalue weighted by Gasteiger charge is 2.24. The fraction of sp³-hybridized carbons (Fsp3) is 0.636. The van der Waals surface area contributed by atoms with Crippen molar-refractivity contribution in [3.05, 3.63) is 11.4 Å². The number of nitrogens with two attached hydrogens (primary N) is 1. The molecule has 0 aromatic carbocycles. The third-order valence-electron chi connectivity index (χ3n) is 2.42. The first-order valence-electron chi connectivity index (χ1n) is 5.74. The van der Waals surface area contributed by atoms with Crippen LogP contribution in [0.15, 0.2) is 15.7 Å². The van der Waals surface area contributed by atoms with Gasteiger partial charge in [-0.1, -0.05) is 13.8 Å². The normalized spacial score (nSPS) is 13.1. The molecular formula is C11H21ClN2O3S2. The Kier molecular flexibility index (Phi) is 7.92. The number of hydrogen-bond acceptors (Lipinski definition) is 5. The van der Waals surface area contributed by atoms with Gasteiger partial charge < -0.3 is 10.5 Å². The summed E-state index contributed by atoms with van der Waals surface area (Å²) in [6, 6.07) is 1.39. The van der Waals surface area contributed by atoms with Gasteiger partial charge in [0.15, 0.2) is 4.21 Å². The second-order valence-electron chi connectivity index (χ2n) is 4.46. The van der Waals surface area contributed by atoms with E-state index in [2.05, 4.69) is 4.72 Å². The highest BCUT2D eigenvalue weighted by Crippen LogP contribution is 2.29. The molecule has 1 aromatic heterocycles. The van der Waals surface area contributed by atoms with Crippen LogP contribution in [-0.2, 0) is 10.0 Å². The fourth-order valence-electron chi connectivity index (χ4n) is 1.67. The molecule has 1 atom stereocenters. The molecule has 1 rings (SSSR count). The molecule has 0 amide bonds. The predicted octanol–water partition coefficient (Wildman–Crippen LogP) is 1.83. The topological polar surface area (TPSA) is 81.4 Å². The summed E-state index contributed by atoms with van der Waals surface area (Å²) in [4.78, 5) is 0. The highest BCUT2D eigenvalue weighted by atomic mass is 35.5. The van der Waals surface area contributed by atoms with Gasteiger partial charge in [0.1, 0.15) is 5.75 Å². The fourth-order valence-corrected chi connectivity index (χ4v) is 4.22. The molecule has 0 fully saturated rings. The van der Waals surface area contributed by atoms with Crippen molar-refractivity contribution in [1.82, 2.24) is 4.72 Å². The van der Waals surface area contributed by atoms with Crippen LogP contribution < -0.4 is 15.2 Å². The zero-order chi connectivity index (χ0) is 13.8. The van der Waals surface area contributed by atoms with Crippen molar-refractivity contribution < 1.29 is 13.2 Å². The lowest BCUT2D eigenvalue weighted by atomic mass is 10.1. The van der Waals surface area contributed by atoms with E-state index < -0.39 is 10.0 Å². The Bertz CT molecular complexity index is 474. The lowest BCUT2D eigenvalue weighted by Crippen LogP contribution is -2.40. The Labute approximate surface area is 125 Å². The number of sulfonamides is 1. The van der Waals surface area contributed by atoms with Crippen LogP contribution in [-0.4, -0.2) is 28.1 Å². The van der Waals surface area contributed by atoms with E-state index >= 15 is 0 Å². The van der Waals surface area contributed by atoms with Gasteiger partial charge in [-0.3, -0.25) is 0 Å². The maximum absolute atomic E-state index is 12.2. The number of methoxy groups -OCH3 is 1. The van der Waals surface area contributed by atoms with Crippen molar-refractivity contribution >= 4 is 33.8 Å². The first-order valence-corrected chi connectivity index (χ1v) is 8.10. The summed E-state index contributed by atoms with van der Waals surface area (Å²) in [7, 11) is -2.10. The summed E-state index contributed by atoms with van der Waals surface area (Å²) in [6.45, 7) is 4.34. The minimum Gasteiger partial charge on any atom is -0.494 e. The van der Waals surface area contributed by atoms with Gasteiger partial charge in [0.2, 0.25) is 0 Å². The molecule has 1 aromatic rings. The van der Waals surface area contributed by atoms with Gasteiger partial charge in [-0.2, -0.15) is 0 Å². The van der Waals surface area contributed by atoms with Crippen molar-refractivity contribution in [2.75, 3.05) is 13.7 Å². The quantitative estimate of drug-likeness (QED) is 0.800. The van der Waals surface area contributed by atoms with Gasteiger partial charge in [-0.25, -0.2) is 13.1 Å². The highest BCUT2D eigenvalue weighted by molar-refractivity contribution is 7.91. The van der Waals surface area contributed by atoms with Crippen LogP contribution in [0.4, 0.5) is 0 Å². The molecule has 0 spiro atoms. The second-order valence-corrected chi connectivity index (χ2v) is 7.29. The van der Waals surface area contributed by atoms with Crippen LogP contribution in [0, 0.1) is 5.92 Å². The van der Waals surface area contributed by atoms with Crippen LogP contribution >= 0.6 is 23.7 Å². The van der Waals surface area contributed by atoms with Gasteiger partial charge in [0.05, 0.1) is 7.11 Å². The number of hydrogen-bond donors (Lipinski definition) is 2. The molecular weight excluding hydrogens is 308 g/mol. The van der Waals surface area contributed by atoms with Crippen LogP contribution in [0.5, 0.6) is 5.75 Å².